The first-order chi connectivity index (χ1) is 13.6. The molecule has 0 radical (unpaired) electrons. The molecule has 0 aromatic heterocycles. The number of halogens is 4. The number of fused-ring (bicyclic) bond motifs is 1. The van der Waals surface area contributed by atoms with Gasteiger partial charge in [-0.05, 0) is 35.7 Å². The second-order valence-electron chi connectivity index (χ2n) is 6.62. The predicted octanol–water partition coefficient (Wildman–Crippen LogP) is 3.61. The number of rotatable bonds is 5. The Morgan fingerprint density at radius 1 is 1.14 bits per heavy atom. The van der Waals surface area contributed by atoms with Crippen LogP contribution in [-0.2, 0) is 34.0 Å². The number of carbonyl (C=O) groups is 1. The molecule has 0 saturated carbocycles. The number of hydrogen-bond acceptors (Lipinski definition) is 3. The zero-order chi connectivity index (χ0) is 21.2. The fourth-order valence-electron chi connectivity index (χ4n) is 3.13. The summed E-state index contributed by atoms with van der Waals surface area (Å²) in [7, 11) is -4.21. The van der Waals surface area contributed by atoms with E-state index in [1.54, 1.807) is 4.90 Å². The molecule has 0 spiro atoms. The summed E-state index contributed by atoms with van der Waals surface area (Å²) in [6, 6.07) is 10.1. The number of nitrogens with zero attached hydrogens (tertiary/aromatic N) is 1. The van der Waals surface area contributed by atoms with E-state index in [4.69, 9.17) is 11.6 Å². The van der Waals surface area contributed by atoms with Gasteiger partial charge in [0.25, 0.3) is 0 Å². The zero-order valence-corrected chi connectivity index (χ0v) is 16.7. The van der Waals surface area contributed by atoms with Crippen molar-refractivity contribution in [2.75, 3.05) is 13.1 Å². The molecule has 0 saturated heterocycles. The van der Waals surface area contributed by atoms with Gasteiger partial charge in [-0.25, -0.2) is 13.1 Å². The number of benzene rings is 2. The number of sulfonamides is 1. The minimum atomic E-state index is -4.77. The normalized spacial score (nSPS) is 14.6. The van der Waals surface area contributed by atoms with Crippen LogP contribution in [0.2, 0.25) is 5.02 Å². The highest BCUT2D eigenvalue weighted by atomic mass is 35.5. The molecular formula is C19H18ClF3N2O3S. The first kappa shape index (κ1) is 21.6. The van der Waals surface area contributed by atoms with Crippen LogP contribution >= 0.6 is 11.6 Å². The van der Waals surface area contributed by atoms with Crippen molar-refractivity contribution in [1.29, 1.82) is 0 Å². The van der Waals surface area contributed by atoms with Crippen molar-refractivity contribution in [3.63, 3.8) is 0 Å². The molecule has 1 aliphatic heterocycles. The molecule has 10 heteroatoms. The summed E-state index contributed by atoms with van der Waals surface area (Å²) < 4.78 is 65.6. The van der Waals surface area contributed by atoms with Crippen LogP contribution in [0.3, 0.4) is 0 Å². The molecule has 0 bridgehead atoms. The molecule has 0 aliphatic carbocycles. The standard InChI is InChI=1S/C19H18ClF3N2O3S/c20-17-6-5-15(11-16(17)19(21,22)23)29(27,28)24-9-7-18(26)25-10-8-13-3-1-2-4-14(13)12-25/h1-6,11,24H,7-10,12H2. The van der Waals surface area contributed by atoms with Gasteiger partial charge < -0.3 is 4.90 Å². The fraction of sp³-hybridized carbons (Fsp3) is 0.316. The Kier molecular flexibility index (Phi) is 6.21. The summed E-state index contributed by atoms with van der Waals surface area (Å²) >= 11 is 5.51. The Bertz CT molecular complexity index is 1030. The third-order valence-corrected chi connectivity index (χ3v) is 6.46. The summed E-state index contributed by atoms with van der Waals surface area (Å²) in [5, 5.41) is -0.586. The van der Waals surface area contributed by atoms with Crippen molar-refractivity contribution in [3.8, 4) is 0 Å². The lowest BCUT2D eigenvalue weighted by Gasteiger charge is -2.29. The van der Waals surface area contributed by atoms with Gasteiger partial charge >= 0.3 is 6.18 Å². The van der Waals surface area contributed by atoms with Gasteiger partial charge in [0, 0.05) is 26.1 Å². The topological polar surface area (TPSA) is 66.5 Å². The Balaban J connectivity index is 1.61. The smallest absolute Gasteiger partial charge is 0.338 e. The number of hydrogen-bond donors (Lipinski definition) is 1. The molecule has 1 aliphatic rings. The summed E-state index contributed by atoms with van der Waals surface area (Å²) in [6.45, 7) is 0.770. The minimum Gasteiger partial charge on any atom is -0.338 e. The second kappa shape index (κ2) is 8.33. The monoisotopic (exact) mass is 446 g/mol. The van der Waals surface area contributed by atoms with Gasteiger partial charge in [-0.3, -0.25) is 4.79 Å². The largest absolute Gasteiger partial charge is 0.417 e. The van der Waals surface area contributed by atoms with Crippen LogP contribution in [0.25, 0.3) is 0 Å². The fourth-order valence-corrected chi connectivity index (χ4v) is 4.41. The molecule has 3 rings (SSSR count). The maximum Gasteiger partial charge on any atom is 0.417 e. The summed E-state index contributed by atoms with van der Waals surface area (Å²) in [6.07, 6.45) is -4.15. The Hall–Kier alpha value is -2.10. The first-order valence-electron chi connectivity index (χ1n) is 8.79. The van der Waals surface area contributed by atoms with Gasteiger partial charge in [0.2, 0.25) is 15.9 Å². The zero-order valence-electron chi connectivity index (χ0n) is 15.2. The van der Waals surface area contributed by atoms with E-state index in [1.807, 2.05) is 24.3 Å². The molecule has 5 nitrogen and oxygen atoms in total. The van der Waals surface area contributed by atoms with Crippen LogP contribution in [0.5, 0.6) is 0 Å². The molecular weight excluding hydrogens is 429 g/mol. The van der Waals surface area contributed by atoms with Crippen LogP contribution in [0, 0.1) is 0 Å². The minimum absolute atomic E-state index is 0.0961. The van der Waals surface area contributed by atoms with Crippen molar-refractivity contribution in [1.82, 2.24) is 9.62 Å². The van der Waals surface area contributed by atoms with E-state index in [0.717, 1.165) is 24.1 Å². The number of alkyl halides is 3. The van der Waals surface area contributed by atoms with Crippen molar-refractivity contribution < 1.29 is 26.4 Å². The summed E-state index contributed by atoms with van der Waals surface area (Å²) in [5.41, 5.74) is 0.999. The second-order valence-corrected chi connectivity index (χ2v) is 8.80. The predicted molar refractivity (Wildman–Crippen MR) is 102 cm³/mol. The average molecular weight is 447 g/mol. The molecule has 0 atom stereocenters. The highest BCUT2D eigenvalue weighted by molar-refractivity contribution is 7.89. The van der Waals surface area contributed by atoms with Gasteiger partial charge in [0.05, 0.1) is 15.5 Å². The molecule has 0 unspecified atom stereocenters. The van der Waals surface area contributed by atoms with E-state index in [1.165, 1.54) is 5.56 Å². The summed E-state index contributed by atoms with van der Waals surface area (Å²) in [4.78, 5) is 13.5. The quantitative estimate of drug-likeness (QED) is 0.763. The number of amides is 1. The highest BCUT2D eigenvalue weighted by Crippen LogP contribution is 2.35. The Morgan fingerprint density at radius 3 is 2.52 bits per heavy atom. The third-order valence-electron chi connectivity index (χ3n) is 4.67. The summed E-state index contributed by atoms with van der Waals surface area (Å²) in [5.74, 6) is -0.228. The van der Waals surface area contributed by atoms with E-state index in [2.05, 4.69) is 4.72 Å². The molecule has 0 fully saturated rings. The SMILES string of the molecule is O=C(CCNS(=O)(=O)c1ccc(Cl)c(C(F)(F)F)c1)N1CCc2ccccc2C1. The lowest BCUT2D eigenvalue weighted by atomic mass is 10.00. The van der Waals surface area contributed by atoms with Crippen molar-refractivity contribution >= 4 is 27.5 Å². The molecule has 1 heterocycles. The van der Waals surface area contributed by atoms with E-state index in [-0.39, 0.29) is 18.9 Å². The molecule has 1 amide bonds. The molecule has 156 valence electrons. The molecule has 29 heavy (non-hydrogen) atoms. The number of nitrogens with one attached hydrogen (secondary N) is 1. The maximum atomic E-state index is 12.9. The van der Waals surface area contributed by atoms with Gasteiger partial charge in [-0.15, -0.1) is 0 Å². The third kappa shape index (κ3) is 5.09. The van der Waals surface area contributed by atoms with Gasteiger partial charge in [-0.1, -0.05) is 35.9 Å². The Labute approximate surface area is 171 Å². The van der Waals surface area contributed by atoms with Gasteiger partial charge in [0.15, 0.2) is 0 Å². The highest BCUT2D eigenvalue weighted by Gasteiger charge is 2.34. The molecule has 1 N–H and O–H groups in total. The van der Waals surface area contributed by atoms with Gasteiger partial charge in [0.1, 0.15) is 0 Å². The van der Waals surface area contributed by atoms with Crippen molar-refractivity contribution in [2.45, 2.75) is 30.5 Å². The lowest BCUT2D eigenvalue weighted by molar-refractivity contribution is -0.137. The van der Waals surface area contributed by atoms with Crippen LogP contribution < -0.4 is 4.72 Å². The van der Waals surface area contributed by atoms with Crippen molar-refractivity contribution in [3.05, 3.63) is 64.2 Å². The van der Waals surface area contributed by atoms with Crippen LogP contribution in [0.15, 0.2) is 47.4 Å². The maximum absolute atomic E-state index is 12.9. The van der Waals surface area contributed by atoms with E-state index < -0.39 is 31.7 Å². The number of carbonyl (C=O) groups excluding carboxylic acids is 1. The molecule has 2 aromatic rings. The van der Waals surface area contributed by atoms with E-state index in [9.17, 15) is 26.4 Å². The average Bonchev–Trinajstić information content (AvgIpc) is 2.66. The van der Waals surface area contributed by atoms with Crippen LogP contribution in [-0.4, -0.2) is 32.3 Å². The Morgan fingerprint density at radius 2 is 1.83 bits per heavy atom. The van der Waals surface area contributed by atoms with Crippen molar-refractivity contribution in [2.24, 2.45) is 0 Å². The molecule has 2 aromatic carbocycles. The van der Waals surface area contributed by atoms with E-state index in [0.29, 0.717) is 19.2 Å². The van der Waals surface area contributed by atoms with Crippen LogP contribution in [0.4, 0.5) is 13.2 Å². The first-order valence-corrected chi connectivity index (χ1v) is 10.6. The van der Waals surface area contributed by atoms with Crippen LogP contribution in [0.1, 0.15) is 23.1 Å². The van der Waals surface area contributed by atoms with E-state index >= 15 is 0 Å². The lowest BCUT2D eigenvalue weighted by Crippen LogP contribution is -2.38. The van der Waals surface area contributed by atoms with Gasteiger partial charge in [-0.2, -0.15) is 13.2 Å².